The summed E-state index contributed by atoms with van der Waals surface area (Å²) >= 11 is 0. The Bertz CT molecular complexity index is 2950. The SMILES string of the molecule is CC(C)(C)c1ccc(-n2c3ccc([Si](Cc4ccccc4)(c4ccccc4)c4ccccc4)cc3c3cc([Si](c4ccccc4)(c4ccccc4)c4ccccc4)ccc32)cc1. The molecular formula is C59H51NSi2. The third kappa shape index (κ3) is 6.79. The first kappa shape index (κ1) is 39.4. The van der Waals surface area contributed by atoms with Gasteiger partial charge in [-0.2, -0.15) is 0 Å². The van der Waals surface area contributed by atoms with E-state index in [4.69, 9.17) is 0 Å². The number of fused-ring (bicyclic) bond motifs is 3. The van der Waals surface area contributed by atoms with Gasteiger partial charge in [0, 0.05) is 16.5 Å². The molecular weight excluding hydrogens is 779 g/mol. The quantitative estimate of drug-likeness (QED) is 0.0957. The van der Waals surface area contributed by atoms with Crippen LogP contribution in [-0.4, -0.2) is 20.7 Å². The lowest BCUT2D eigenvalue weighted by molar-refractivity contribution is 0.590. The Balaban J connectivity index is 1.32. The third-order valence-electron chi connectivity index (χ3n) is 13.1. The predicted molar refractivity (Wildman–Crippen MR) is 271 cm³/mol. The summed E-state index contributed by atoms with van der Waals surface area (Å²) in [6, 6.07) is 92.9. The Morgan fingerprint density at radius 3 is 1.15 bits per heavy atom. The predicted octanol–water partition coefficient (Wildman–Crippen LogP) is 9.71. The normalized spacial score (nSPS) is 12.2. The maximum absolute atomic E-state index is 2.81. The molecule has 0 spiro atoms. The van der Waals surface area contributed by atoms with Crippen LogP contribution in [0, 0.1) is 0 Å². The van der Waals surface area contributed by atoms with E-state index >= 15 is 0 Å². The lowest BCUT2D eigenvalue weighted by atomic mass is 9.87. The van der Waals surface area contributed by atoms with E-state index in [-0.39, 0.29) is 5.41 Å². The monoisotopic (exact) mass is 829 g/mol. The van der Waals surface area contributed by atoms with E-state index in [0.717, 1.165) is 6.04 Å². The van der Waals surface area contributed by atoms with Gasteiger partial charge in [-0.05, 0) is 83.2 Å². The minimum absolute atomic E-state index is 0.0605. The molecule has 0 amide bonds. The van der Waals surface area contributed by atoms with E-state index in [0.29, 0.717) is 0 Å². The van der Waals surface area contributed by atoms with Crippen molar-refractivity contribution in [1.82, 2.24) is 4.57 Å². The maximum Gasteiger partial charge on any atom is 0.179 e. The lowest BCUT2D eigenvalue weighted by Gasteiger charge is -2.34. The first-order valence-corrected chi connectivity index (χ1v) is 26.1. The molecule has 0 atom stereocenters. The molecule has 10 rings (SSSR count). The van der Waals surface area contributed by atoms with Crippen LogP contribution in [0.2, 0.25) is 0 Å². The first-order valence-electron chi connectivity index (χ1n) is 21.9. The number of hydrogen-bond donors (Lipinski definition) is 0. The average Bonchev–Trinajstić information content (AvgIpc) is 3.66. The molecule has 0 bridgehead atoms. The summed E-state index contributed by atoms with van der Waals surface area (Å²) in [6.07, 6.45) is 0. The van der Waals surface area contributed by atoms with Gasteiger partial charge in [0.15, 0.2) is 16.1 Å². The molecule has 0 radical (unpaired) electrons. The zero-order valence-electron chi connectivity index (χ0n) is 35.7. The molecule has 62 heavy (non-hydrogen) atoms. The summed E-state index contributed by atoms with van der Waals surface area (Å²) in [4.78, 5) is 0. The molecule has 0 saturated carbocycles. The van der Waals surface area contributed by atoms with Crippen LogP contribution in [0.3, 0.4) is 0 Å². The topological polar surface area (TPSA) is 4.93 Å². The van der Waals surface area contributed by atoms with Crippen LogP contribution >= 0.6 is 0 Å². The van der Waals surface area contributed by atoms with Gasteiger partial charge in [0.25, 0.3) is 0 Å². The maximum atomic E-state index is 2.59. The molecule has 1 nitrogen and oxygen atoms in total. The highest BCUT2D eigenvalue weighted by atomic mass is 28.3. The van der Waals surface area contributed by atoms with Crippen molar-refractivity contribution in [2.75, 3.05) is 0 Å². The molecule has 9 aromatic carbocycles. The Morgan fingerprint density at radius 1 is 0.355 bits per heavy atom. The summed E-state index contributed by atoms with van der Waals surface area (Å²) < 4.78 is 2.51. The van der Waals surface area contributed by atoms with Crippen molar-refractivity contribution < 1.29 is 0 Å². The van der Waals surface area contributed by atoms with E-state index in [1.54, 1.807) is 0 Å². The molecule has 0 aliphatic rings. The summed E-state index contributed by atoms with van der Waals surface area (Å²) in [6.45, 7) is 6.87. The van der Waals surface area contributed by atoms with Gasteiger partial charge < -0.3 is 4.57 Å². The van der Waals surface area contributed by atoms with Gasteiger partial charge in [0.05, 0.1) is 11.0 Å². The zero-order valence-corrected chi connectivity index (χ0v) is 37.7. The van der Waals surface area contributed by atoms with Crippen molar-refractivity contribution in [2.24, 2.45) is 0 Å². The summed E-state index contributed by atoms with van der Waals surface area (Å²) in [7, 11) is -5.49. The molecule has 0 fully saturated rings. The second-order valence-corrected chi connectivity index (χ2v) is 25.4. The van der Waals surface area contributed by atoms with E-state index in [9.17, 15) is 0 Å². The van der Waals surface area contributed by atoms with E-state index in [1.165, 1.54) is 74.9 Å². The molecule has 0 N–H and O–H groups in total. The van der Waals surface area contributed by atoms with Crippen LogP contribution in [0.1, 0.15) is 31.9 Å². The van der Waals surface area contributed by atoms with Crippen LogP contribution < -0.4 is 36.3 Å². The van der Waals surface area contributed by atoms with Crippen molar-refractivity contribution in [3.8, 4) is 5.69 Å². The number of benzene rings is 9. The molecule has 0 saturated heterocycles. The second-order valence-electron chi connectivity index (χ2n) is 17.7. The highest BCUT2D eigenvalue weighted by Gasteiger charge is 2.42. The van der Waals surface area contributed by atoms with Gasteiger partial charge in [0.1, 0.15) is 0 Å². The second kappa shape index (κ2) is 16.2. The molecule has 1 aromatic heterocycles. The fourth-order valence-corrected chi connectivity index (χ4v) is 19.6. The van der Waals surface area contributed by atoms with Crippen molar-refractivity contribution >= 4 is 74.3 Å². The van der Waals surface area contributed by atoms with Crippen LogP contribution in [0.5, 0.6) is 0 Å². The van der Waals surface area contributed by atoms with E-state index in [1.807, 2.05) is 0 Å². The summed E-state index contributed by atoms with van der Waals surface area (Å²) in [5.41, 5.74) is 6.37. The van der Waals surface area contributed by atoms with Gasteiger partial charge in [-0.25, -0.2) is 0 Å². The third-order valence-corrected chi connectivity index (χ3v) is 22.8. The Labute approximate surface area is 368 Å². The molecule has 1 heterocycles. The fourth-order valence-electron chi connectivity index (χ4n) is 10.1. The van der Waals surface area contributed by atoms with Crippen molar-refractivity contribution in [2.45, 2.75) is 32.2 Å². The Morgan fingerprint density at radius 2 is 0.726 bits per heavy atom. The average molecular weight is 830 g/mol. The van der Waals surface area contributed by atoms with Crippen molar-refractivity contribution in [1.29, 1.82) is 0 Å². The highest BCUT2D eigenvalue weighted by molar-refractivity contribution is 7.20. The number of hydrogen-bond acceptors (Lipinski definition) is 0. The number of nitrogens with zero attached hydrogens (tertiary/aromatic N) is 1. The Kier molecular flexibility index (Phi) is 10.3. The molecule has 3 heteroatoms. The highest BCUT2D eigenvalue weighted by Crippen LogP contribution is 2.34. The molecule has 0 aliphatic heterocycles. The van der Waals surface area contributed by atoms with Crippen LogP contribution in [0.25, 0.3) is 27.5 Å². The van der Waals surface area contributed by atoms with Gasteiger partial charge in [-0.15, -0.1) is 0 Å². The van der Waals surface area contributed by atoms with Crippen molar-refractivity contribution in [3.05, 3.63) is 254 Å². The molecule has 300 valence electrons. The van der Waals surface area contributed by atoms with Crippen molar-refractivity contribution in [3.63, 3.8) is 0 Å². The molecule has 0 aliphatic carbocycles. The van der Waals surface area contributed by atoms with Gasteiger partial charge >= 0.3 is 0 Å². The summed E-state index contributed by atoms with van der Waals surface area (Å²) in [5, 5.41) is 12.3. The fraction of sp³-hybridized carbons (Fsp3) is 0.0847. The largest absolute Gasteiger partial charge is 0.309 e. The van der Waals surface area contributed by atoms with Gasteiger partial charge in [-0.1, -0.05) is 239 Å². The van der Waals surface area contributed by atoms with E-state index < -0.39 is 16.1 Å². The van der Waals surface area contributed by atoms with E-state index in [2.05, 4.69) is 268 Å². The Hall–Kier alpha value is -6.79. The smallest absolute Gasteiger partial charge is 0.179 e. The molecule has 10 aromatic rings. The summed E-state index contributed by atoms with van der Waals surface area (Å²) in [5.74, 6) is 0. The zero-order chi connectivity index (χ0) is 42.2. The molecule has 0 unspecified atom stereocenters. The van der Waals surface area contributed by atoms with Gasteiger partial charge in [0.2, 0.25) is 0 Å². The number of rotatable bonds is 10. The minimum Gasteiger partial charge on any atom is -0.309 e. The van der Waals surface area contributed by atoms with Crippen LogP contribution in [0.15, 0.2) is 243 Å². The minimum atomic E-state index is -2.81. The number of aromatic nitrogens is 1. The standard InChI is InChI=1S/C59H51NSi2/c1-59(2,3)46-34-36-47(37-35-46)60-57-40-38-53(61(48-24-12-5-13-25-48,49-26-14-6-15-27-49)44-45-22-10-4-11-23-45)42-55(57)56-43-54(39-41-58(56)60)62(50-28-16-7-17-29-50,51-30-18-8-19-31-51)52-32-20-9-21-33-52/h4-43H,44H2,1-3H3. The first-order chi connectivity index (χ1) is 30.4. The lowest BCUT2D eigenvalue weighted by Crippen LogP contribution is -2.74. The van der Waals surface area contributed by atoms with Crippen LogP contribution in [0.4, 0.5) is 0 Å². The van der Waals surface area contributed by atoms with Gasteiger partial charge in [-0.3, -0.25) is 0 Å². The van der Waals surface area contributed by atoms with Crippen LogP contribution in [-0.2, 0) is 11.5 Å².